The van der Waals surface area contributed by atoms with E-state index in [4.69, 9.17) is 0 Å². The average Bonchev–Trinajstić information content (AvgIpc) is 2.93. The normalized spacial score (nSPS) is 36.2. The number of carboxylic acids is 1. The number of unbranched alkanes of at least 4 members (excludes halogenated alkanes) is 2. The predicted molar refractivity (Wildman–Crippen MR) is 145 cm³/mol. The maximum absolute atomic E-state index is 12.8. The van der Waals surface area contributed by atoms with Gasteiger partial charge in [0, 0.05) is 5.92 Å². The number of nitriles is 2. The molecule has 0 radical (unpaired) electrons. The van der Waals surface area contributed by atoms with Gasteiger partial charge in [-0.1, -0.05) is 51.7 Å². The van der Waals surface area contributed by atoms with Crippen molar-refractivity contribution in [3.63, 3.8) is 0 Å². The Morgan fingerprint density at radius 1 is 0.838 bits per heavy atom. The van der Waals surface area contributed by atoms with E-state index in [2.05, 4.69) is 38.1 Å². The lowest BCUT2D eigenvalue weighted by Crippen LogP contribution is -2.51. The van der Waals surface area contributed by atoms with Crippen LogP contribution in [-0.4, -0.2) is 11.1 Å². The summed E-state index contributed by atoms with van der Waals surface area (Å²) < 4.78 is 0. The van der Waals surface area contributed by atoms with Crippen molar-refractivity contribution in [1.82, 2.24) is 0 Å². The van der Waals surface area contributed by atoms with Crippen molar-refractivity contribution in [2.75, 3.05) is 0 Å². The Morgan fingerprint density at radius 3 is 2.00 bits per heavy atom. The lowest BCUT2D eigenvalue weighted by Gasteiger charge is -2.57. The third-order valence-electron chi connectivity index (χ3n) is 11.8. The van der Waals surface area contributed by atoms with Gasteiger partial charge >= 0.3 is 5.97 Å². The van der Waals surface area contributed by atoms with Crippen molar-refractivity contribution in [2.45, 2.75) is 134 Å². The standard InChI is InChI=1S/C33H44N2O2/c1-3-5-6-10-31-14-19-33(20-15-31,29(36)37)28(21-31)24-7-8-27(26(23-35)25(24)22-34)32-16-11-30(9-4-2,12-17-32)13-18-32/h7-8,28H,3-6,9-21H2,1-2H3,(H,36,37). The Kier molecular flexibility index (Phi) is 6.94. The summed E-state index contributed by atoms with van der Waals surface area (Å²) in [5.41, 5.74) is 2.81. The molecule has 0 heterocycles. The fraction of sp³-hybridized carbons (Fsp3) is 0.727. The molecule has 1 unspecified atom stereocenters. The van der Waals surface area contributed by atoms with Crippen LogP contribution in [0.2, 0.25) is 0 Å². The van der Waals surface area contributed by atoms with E-state index in [0.29, 0.717) is 29.4 Å². The summed E-state index contributed by atoms with van der Waals surface area (Å²) in [6, 6.07) is 9.14. The van der Waals surface area contributed by atoms with E-state index in [1.165, 1.54) is 51.4 Å². The van der Waals surface area contributed by atoms with Gasteiger partial charge in [-0.25, -0.2) is 0 Å². The smallest absolute Gasteiger partial charge is 0.310 e. The Morgan fingerprint density at radius 2 is 1.46 bits per heavy atom. The molecule has 6 aliphatic carbocycles. The number of hydrogen-bond donors (Lipinski definition) is 1. The first-order valence-corrected chi connectivity index (χ1v) is 15.0. The van der Waals surface area contributed by atoms with Gasteiger partial charge in [0.2, 0.25) is 0 Å². The summed E-state index contributed by atoms with van der Waals surface area (Å²) >= 11 is 0. The fourth-order valence-corrected chi connectivity index (χ4v) is 9.44. The monoisotopic (exact) mass is 500 g/mol. The van der Waals surface area contributed by atoms with Crippen LogP contribution in [0.3, 0.4) is 0 Å². The number of hydrogen-bond acceptors (Lipinski definition) is 3. The first kappa shape index (κ1) is 26.3. The van der Waals surface area contributed by atoms with E-state index in [-0.39, 0.29) is 16.7 Å². The molecule has 4 bridgehead atoms. The molecule has 7 rings (SSSR count). The van der Waals surface area contributed by atoms with Gasteiger partial charge in [-0.15, -0.1) is 0 Å². The summed E-state index contributed by atoms with van der Waals surface area (Å²) in [6.07, 6.45) is 18.5. The molecule has 37 heavy (non-hydrogen) atoms. The Labute approximate surface area is 223 Å². The maximum Gasteiger partial charge on any atom is 0.310 e. The SMILES string of the molecule is CCCCCC12CCC(C(=O)O)(CC1)C(c1ccc(C34CCC(CCC)(CC3)CC4)c(C#N)c1C#N)C2. The van der Waals surface area contributed by atoms with Crippen LogP contribution in [0.1, 0.15) is 151 Å². The van der Waals surface area contributed by atoms with Gasteiger partial charge in [0.1, 0.15) is 12.1 Å². The highest BCUT2D eigenvalue weighted by atomic mass is 16.4. The molecule has 0 aliphatic heterocycles. The molecule has 6 aliphatic rings. The fourth-order valence-electron chi connectivity index (χ4n) is 9.44. The van der Waals surface area contributed by atoms with Gasteiger partial charge < -0.3 is 5.11 Å². The molecule has 0 aromatic heterocycles. The highest BCUT2D eigenvalue weighted by Gasteiger charge is 2.59. The molecular weight excluding hydrogens is 456 g/mol. The minimum atomic E-state index is -0.805. The minimum absolute atomic E-state index is 0.00210. The van der Waals surface area contributed by atoms with Gasteiger partial charge in [-0.2, -0.15) is 10.5 Å². The van der Waals surface area contributed by atoms with Crippen molar-refractivity contribution in [1.29, 1.82) is 10.5 Å². The van der Waals surface area contributed by atoms with Gasteiger partial charge in [0.05, 0.1) is 16.5 Å². The second-order valence-electron chi connectivity index (χ2n) is 13.4. The zero-order valence-corrected chi connectivity index (χ0v) is 23.0. The third-order valence-corrected chi connectivity index (χ3v) is 11.8. The molecule has 0 amide bonds. The molecule has 4 nitrogen and oxygen atoms in total. The molecule has 6 fully saturated rings. The molecule has 1 atom stereocenters. The van der Waals surface area contributed by atoms with Crippen LogP contribution < -0.4 is 0 Å². The number of rotatable bonds is 9. The van der Waals surface area contributed by atoms with Gasteiger partial charge in [0.15, 0.2) is 0 Å². The van der Waals surface area contributed by atoms with Gasteiger partial charge in [0.25, 0.3) is 0 Å². The highest BCUT2D eigenvalue weighted by molar-refractivity contribution is 5.77. The number of aliphatic carboxylic acids is 1. The van der Waals surface area contributed by atoms with Crippen LogP contribution in [-0.2, 0) is 10.2 Å². The van der Waals surface area contributed by atoms with Crippen LogP contribution in [0, 0.1) is 38.9 Å². The van der Waals surface area contributed by atoms with Crippen LogP contribution >= 0.6 is 0 Å². The molecule has 198 valence electrons. The second kappa shape index (κ2) is 9.76. The molecular formula is C33H44N2O2. The van der Waals surface area contributed by atoms with Gasteiger partial charge in [-0.05, 0) is 111 Å². The van der Waals surface area contributed by atoms with E-state index in [9.17, 15) is 20.4 Å². The largest absolute Gasteiger partial charge is 0.481 e. The van der Waals surface area contributed by atoms with E-state index >= 15 is 0 Å². The molecule has 1 N–H and O–H groups in total. The first-order chi connectivity index (χ1) is 17.8. The average molecular weight is 501 g/mol. The van der Waals surface area contributed by atoms with Crippen molar-refractivity contribution in [3.05, 3.63) is 34.4 Å². The number of carbonyl (C=O) groups is 1. The van der Waals surface area contributed by atoms with Gasteiger partial charge in [-0.3, -0.25) is 4.79 Å². The van der Waals surface area contributed by atoms with Crippen molar-refractivity contribution in [3.8, 4) is 12.1 Å². The molecule has 1 aromatic carbocycles. The van der Waals surface area contributed by atoms with Crippen LogP contribution in [0.4, 0.5) is 0 Å². The molecule has 0 spiro atoms. The van der Waals surface area contributed by atoms with Crippen molar-refractivity contribution in [2.24, 2.45) is 16.2 Å². The third kappa shape index (κ3) is 4.11. The van der Waals surface area contributed by atoms with E-state index in [1.54, 1.807) is 0 Å². The zero-order valence-electron chi connectivity index (χ0n) is 23.0. The first-order valence-electron chi connectivity index (χ1n) is 15.0. The Bertz CT molecular complexity index is 1100. The number of fused-ring (bicyclic) bond motifs is 6. The highest BCUT2D eigenvalue weighted by Crippen LogP contribution is 2.66. The van der Waals surface area contributed by atoms with Crippen LogP contribution in [0.25, 0.3) is 0 Å². The van der Waals surface area contributed by atoms with Crippen molar-refractivity contribution >= 4 is 5.97 Å². The number of carboxylic acid groups (broad SMARTS) is 1. The summed E-state index contributed by atoms with van der Waals surface area (Å²) in [6.45, 7) is 4.51. The molecule has 0 saturated heterocycles. The Balaban J connectivity index is 1.53. The predicted octanol–water partition coefficient (Wildman–Crippen LogP) is 8.52. The Hall–Kier alpha value is -2.33. The lowest BCUT2D eigenvalue weighted by atomic mass is 9.46. The lowest BCUT2D eigenvalue weighted by molar-refractivity contribution is -0.162. The molecule has 4 heteroatoms. The number of nitrogens with zero attached hydrogens (tertiary/aromatic N) is 2. The topological polar surface area (TPSA) is 84.9 Å². The molecule has 6 saturated carbocycles. The number of benzene rings is 1. The summed E-state index contributed by atoms with van der Waals surface area (Å²) in [5.74, 6) is -0.895. The zero-order chi connectivity index (χ0) is 26.3. The van der Waals surface area contributed by atoms with E-state index in [0.717, 1.165) is 56.1 Å². The maximum atomic E-state index is 12.8. The van der Waals surface area contributed by atoms with Crippen LogP contribution in [0.15, 0.2) is 12.1 Å². The van der Waals surface area contributed by atoms with E-state index < -0.39 is 11.4 Å². The quantitative estimate of drug-likeness (QED) is 0.344. The minimum Gasteiger partial charge on any atom is -0.481 e. The summed E-state index contributed by atoms with van der Waals surface area (Å²) in [7, 11) is 0. The second-order valence-corrected chi connectivity index (χ2v) is 13.4. The molecule has 1 aromatic rings. The van der Waals surface area contributed by atoms with E-state index in [1.807, 2.05) is 0 Å². The van der Waals surface area contributed by atoms with Crippen molar-refractivity contribution < 1.29 is 9.90 Å². The van der Waals surface area contributed by atoms with Crippen LogP contribution in [0.5, 0.6) is 0 Å². The summed E-state index contributed by atoms with van der Waals surface area (Å²) in [5, 5.41) is 31.4. The summed E-state index contributed by atoms with van der Waals surface area (Å²) in [4.78, 5) is 12.8.